The molecule has 0 atom stereocenters. The molecule has 2 heterocycles. The van der Waals surface area contributed by atoms with Crippen molar-refractivity contribution in [2.75, 3.05) is 7.11 Å². The maximum absolute atomic E-state index is 12.3. The van der Waals surface area contributed by atoms with Crippen LogP contribution in [0.3, 0.4) is 0 Å². The SMILES string of the molecule is COC(=O)c1cccc(COC(=O)Cc2c(C)nc3ncnn3c2C)c1. The Morgan fingerprint density at radius 3 is 2.81 bits per heavy atom. The summed E-state index contributed by atoms with van der Waals surface area (Å²) in [6, 6.07) is 6.77. The molecule has 0 spiro atoms. The predicted octanol–water partition coefficient (Wildman–Crippen LogP) is 1.81. The number of hydrogen-bond donors (Lipinski definition) is 0. The molecule has 0 aliphatic rings. The number of rotatable bonds is 5. The molecule has 8 nitrogen and oxygen atoms in total. The first kappa shape index (κ1) is 17.5. The standard InChI is InChI=1S/C18H18N4O4/c1-11-15(12(2)22-18(21-11)19-10-20-22)8-16(23)26-9-13-5-4-6-14(7-13)17(24)25-3/h4-7,10H,8-9H2,1-3H3. The van der Waals surface area contributed by atoms with E-state index in [0.29, 0.717) is 22.6 Å². The summed E-state index contributed by atoms with van der Waals surface area (Å²) >= 11 is 0. The molecule has 0 fully saturated rings. The Bertz CT molecular complexity index is 980. The van der Waals surface area contributed by atoms with Crippen LogP contribution < -0.4 is 0 Å². The van der Waals surface area contributed by atoms with Gasteiger partial charge in [-0.05, 0) is 31.5 Å². The van der Waals surface area contributed by atoms with Crippen molar-refractivity contribution in [3.05, 3.63) is 58.7 Å². The number of ether oxygens (including phenoxy) is 2. The van der Waals surface area contributed by atoms with E-state index in [-0.39, 0.29) is 19.0 Å². The zero-order valence-corrected chi connectivity index (χ0v) is 14.7. The quantitative estimate of drug-likeness (QED) is 0.645. The Balaban J connectivity index is 1.69. The lowest BCUT2D eigenvalue weighted by atomic mass is 10.1. The van der Waals surface area contributed by atoms with Crippen LogP contribution in [-0.2, 0) is 27.3 Å². The molecule has 26 heavy (non-hydrogen) atoms. The minimum atomic E-state index is -0.434. The third-order valence-electron chi connectivity index (χ3n) is 4.06. The first-order chi connectivity index (χ1) is 12.5. The van der Waals surface area contributed by atoms with Crippen molar-refractivity contribution in [3.63, 3.8) is 0 Å². The highest BCUT2D eigenvalue weighted by Gasteiger charge is 2.15. The number of methoxy groups -OCH3 is 1. The number of fused-ring (bicyclic) bond motifs is 1. The van der Waals surface area contributed by atoms with Crippen LogP contribution in [-0.4, -0.2) is 38.6 Å². The number of nitrogens with zero attached hydrogens (tertiary/aromatic N) is 4. The highest BCUT2D eigenvalue weighted by Crippen LogP contribution is 2.15. The Morgan fingerprint density at radius 2 is 2.04 bits per heavy atom. The summed E-state index contributed by atoms with van der Waals surface area (Å²) < 4.78 is 11.6. The fourth-order valence-corrected chi connectivity index (χ4v) is 2.68. The van der Waals surface area contributed by atoms with Gasteiger partial charge >= 0.3 is 11.9 Å². The van der Waals surface area contributed by atoms with E-state index in [9.17, 15) is 9.59 Å². The van der Waals surface area contributed by atoms with Crippen molar-refractivity contribution >= 4 is 17.7 Å². The Labute approximate surface area is 149 Å². The third kappa shape index (κ3) is 3.53. The van der Waals surface area contributed by atoms with Gasteiger partial charge in [0.15, 0.2) is 0 Å². The molecular formula is C18H18N4O4. The van der Waals surface area contributed by atoms with E-state index in [1.54, 1.807) is 28.8 Å². The van der Waals surface area contributed by atoms with Gasteiger partial charge in [-0.15, -0.1) is 0 Å². The fourth-order valence-electron chi connectivity index (χ4n) is 2.68. The molecule has 3 aromatic rings. The second-order valence-corrected chi connectivity index (χ2v) is 5.76. The van der Waals surface area contributed by atoms with Crippen molar-refractivity contribution in [2.45, 2.75) is 26.9 Å². The van der Waals surface area contributed by atoms with Crippen molar-refractivity contribution in [1.29, 1.82) is 0 Å². The van der Waals surface area contributed by atoms with Crippen molar-refractivity contribution in [3.8, 4) is 0 Å². The second kappa shape index (κ2) is 7.30. The maximum atomic E-state index is 12.3. The minimum absolute atomic E-state index is 0.0702. The van der Waals surface area contributed by atoms with Gasteiger partial charge in [-0.25, -0.2) is 14.3 Å². The molecule has 0 aliphatic carbocycles. The van der Waals surface area contributed by atoms with E-state index in [1.807, 2.05) is 13.8 Å². The summed E-state index contributed by atoms with van der Waals surface area (Å²) in [7, 11) is 1.32. The monoisotopic (exact) mass is 354 g/mol. The van der Waals surface area contributed by atoms with Gasteiger partial charge in [0.05, 0.1) is 19.1 Å². The van der Waals surface area contributed by atoms with Crippen LogP contribution in [0.5, 0.6) is 0 Å². The number of hydrogen-bond acceptors (Lipinski definition) is 7. The van der Waals surface area contributed by atoms with Crippen LogP contribution in [0.25, 0.3) is 5.78 Å². The molecule has 0 bridgehead atoms. The molecule has 134 valence electrons. The van der Waals surface area contributed by atoms with Crippen LogP contribution in [0.1, 0.15) is 32.9 Å². The number of aryl methyl sites for hydroxylation is 2. The minimum Gasteiger partial charge on any atom is -0.465 e. The van der Waals surface area contributed by atoms with Crippen LogP contribution in [0, 0.1) is 13.8 Å². The topological polar surface area (TPSA) is 95.7 Å². The highest BCUT2D eigenvalue weighted by molar-refractivity contribution is 5.89. The molecule has 0 aliphatic heterocycles. The molecule has 8 heteroatoms. The van der Waals surface area contributed by atoms with E-state index in [1.165, 1.54) is 13.4 Å². The number of benzene rings is 1. The van der Waals surface area contributed by atoms with Crippen molar-refractivity contribution < 1.29 is 19.1 Å². The Morgan fingerprint density at radius 1 is 1.23 bits per heavy atom. The van der Waals surface area contributed by atoms with E-state index in [0.717, 1.165) is 11.3 Å². The summed E-state index contributed by atoms with van der Waals surface area (Å²) in [5.41, 5.74) is 3.40. The van der Waals surface area contributed by atoms with Gasteiger partial charge < -0.3 is 9.47 Å². The van der Waals surface area contributed by atoms with E-state index >= 15 is 0 Å². The van der Waals surface area contributed by atoms with Crippen molar-refractivity contribution in [2.24, 2.45) is 0 Å². The Hall–Kier alpha value is -3.29. The highest BCUT2D eigenvalue weighted by atomic mass is 16.5. The second-order valence-electron chi connectivity index (χ2n) is 5.76. The van der Waals surface area contributed by atoms with Gasteiger partial charge in [0, 0.05) is 17.0 Å². The summed E-state index contributed by atoms with van der Waals surface area (Å²) in [6.07, 6.45) is 1.50. The maximum Gasteiger partial charge on any atom is 0.337 e. The molecule has 0 N–H and O–H groups in total. The lowest BCUT2D eigenvalue weighted by molar-refractivity contribution is -0.144. The largest absolute Gasteiger partial charge is 0.465 e. The molecule has 0 saturated heterocycles. The van der Waals surface area contributed by atoms with E-state index in [4.69, 9.17) is 4.74 Å². The van der Waals surface area contributed by atoms with Crippen LogP contribution in [0.15, 0.2) is 30.6 Å². The Kier molecular flexibility index (Phi) is 4.92. The molecule has 0 radical (unpaired) electrons. The summed E-state index contributed by atoms with van der Waals surface area (Å²) in [5.74, 6) is -0.325. The number of aromatic nitrogens is 4. The molecule has 0 unspecified atom stereocenters. The molecule has 0 saturated carbocycles. The van der Waals surface area contributed by atoms with E-state index in [2.05, 4.69) is 19.8 Å². The first-order valence-corrected chi connectivity index (χ1v) is 7.98. The summed E-state index contributed by atoms with van der Waals surface area (Å²) in [6.45, 7) is 3.75. The third-order valence-corrected chi connectivity index (χ3v) is 4.06. The first-order valence-electron chi connectivity index (χ1n) is 7.98. The fraction of sp³-hybridized carbons (Fsp3) is 0.278. The average Bonchev–Trinajstić information content (AvgIpc) is 3.11. The lowest BCUT2D eigenvalue weighted by Crippen LogP contribution is -2.13. The zero-order valence-electron chi connectivity index (χ0n) is 14.7. The number of carbonyl (C=O) groups is 2. The van der Waals surface area contributed by atoms with Gasteiger partial charge in [0.2, 0.25) is 0 Å². The van der Waals surface area contributed by atoms with Gasteiger partial charge in [-0.3, -0.25) is 4.79 Å². The average molecular weight is 354 g/mol. The van der Waals surface area contributed by atoms with Gasteiger partial charge in [0.25, 0.3) is 5.78 Å². The van der Waals surface area contributed by atoms with Crippen molar-refractivity contribution in [1.82, 2.24) is 19.6 Å². The van der Waals surface area contributed by atoms with Gasteiger partial charge in [-0.1, -0.05) is 12.1 Å². The zero-order chi connectivity index (χ0) is 18.7. The molecule has 3 rings (SSSR count). The molecule has 2 aromatic heterocycles. The smallest absolute Gasteiger partial charge is 0.337 e. The van der Waals surface area contributed by atoms with E-state index < -0.39 is 5.97 Å². The number of esters is 2. The van der Waals surface area contributed by atoms with Gasteiger partial charge in [0.1, 0.15) is 12.9 Å². The van der Waals surface area contributed by atoms with Crippen LogP contribution in [0.4, 0.5) is 0 Å². The lowest BCUT2D eigenvalue weighted by Gasteiger charge is -2.10. The summed E-state index contributed by atoms with van der Waals surface area (Å²) in [5, 5.41) is 4.10. The number of carbonyl (C=O) groups excluding carboxylic acids is 2. The molecular weight excluding hydrogens is 336 g/mol. The van der Waals surface area contributed by atoms with Gasteiger partial charge in [-0.2, -0.15) is 10.1 Å². The molecule has 1 aromatic carbocycles. The van der Waals surface area contributed by atoms with Crippen LogP contribution in [0.2, 0.25) is 0 Å². The normalized spacial score (nSPS) is 10.7. The predicted molar refractivity (Wildman–Crippen MR) is 91.5 cm³/mol. The molecule has 0 amide bonds. The summed E-state index contributed by atoms with van der Waals surface area (Å²) in [4.78, 5) is 32.2. The van der Waals surface area contributed by atoms with Crippen LogP contribution >= 0.6 is 0 Å².